The van der Waals surface area contributed by atoms with E-state index in [1.807, 2.05) is 18.2 Å². The predicted molar refractivity (Wildman–Crippen MR) is 102 cm³/mol. The Kier molecular flexibility index (Phi) is 3.73. The number of hydrogen-bond donors (Lipinski definition) is 0. The minimum Gasteiger partial charge on any atom is -0.435 e. The number of fused-ring (bicyclic) bond motifs is 1. The highest BCUT2D eigenvalue weighted by atomic mass is 79.9. The van der Waals surface area contributed by atoms with E-state index in [0.717, 1.165) is 21.1 Å². The third-order valence-corrected chi connectivity index (χ3v) is 5.32. The molecule has 0 unspecified atom stereocenters. The molecule has 4 aromatic rings. The molecule has 1 heterocycles. The van der Waals surface area contributed by atoms with Crippen LogP contribution >= 0.6 is 15.9 Å². The van der Waals surface area contributed by atoms with Crippen molar-refractivity contribution in [3.63, 3.8) is 0 Å². The van der Waals surface area contributed by atoms with Gasteiger partial charge in [0.2, 0.25) is 5.89 Å². The lowest BCUT2D eigenvalue weighted by atomic mass is 10.0. The summed E-state index contributed by atoms with van der Waals surface area (Å²) in [6, 6.07) is 20.7. The summed E-state index contributed by atoms with van der Waals surface area (Å²) in [5.41, 5.74) is 7.44. The minimum atomic E-state index is 0.648. The van der Waals surface area contributed by atoms with E-state index in [9.17, 15) is 0 Å². The normalized spacial score (nSPS) is 11.1. The Balaban J connectivity index is 1.76. The van der Waals surface area contributed by atoms with Gasteiger partial charge in [-0.3, -0.25) is 0 Å². The molecule has 4 rings (SSSR count). The zero-order valence-corrected chi connectivity index (χ0v) is 15.1. The lowest BCUT2D eigenvalue weighted by molar-refractivity contribution is 0.617. The van der Waals surface area contributed by atoms with Crippen LogP contribution < -0.4 is 0 Å². The molecule has 0 radical (unpaired) electrons. The number of benzene rings is 3. The molecule has 0 atom stereocenters. The molecule has 0 aliphatic carbocycles. The third-order valence-electron chi connectivity index (χ3n) is 4.37. The van der Waals surface area contributed by atoms with E-state index >= 15 is 0 Å². The maximum absolute atomic E-state index is 6.01. The lowest BCUT2D eigenvalue weighted by Crippen LogP contribution is -1.83. The fourth-order valence-corrected chi connectivity index (χ4v) is 3.40. The molecule has 3 aromatic carbocycles. The van der Waals surface area contributed by atoms with Crippen LogP contribution in [0, 0.1) is 13.8 Å². The Labute approximate surface area is 149 Å². The number of hydrogen-bond acceptors (Lipinski definition) is 2. The highest BCUT2D eigenvalue weighted by molar-refractivity contribution is 9.10. The van der Waals surface area contributed by atoms with E-state index in [-0.39, 0.29) is 0 Å². The van der Waals surface area contributed by atoms with Crippen molar-refractivity contribution in [3.8, 4) is 22.6 Å². The monoisotopic (exact) mass is 377 g/mol. The summed E-state index contributed by atoms with van der Waals surface area (Å²) in [6.45, 7) is 4.16. The van der Waals surface area contributed by atoms with Crippen LogP contribution in [0.3, 0.4) is 0 Å². The number of aromatic nitrogens is 1. The van der Waals surface area contributed by atoms with Crippen LogP contribution in [0.25, 0.3) is 33.7 Å². The van der Waals surface area contributed by atoms with Crippen molar-refractivity contribution in [2.75, 3.05) is 0 Å². The Hall–Kier alpha value is -2.39. The van der Waals surface area contributed by atoms with Gasteiger partial charge in [-0.2, -0.15) is 0 Å². The molecule has 0 fully saturated rings. The molecular formula is C21H16BrNO. The molecule has 0 bridgehead atoms. The fraction of sp³-hybridized carbons (Fsp3) is 0.0952. The maximum atomic E-state index is 6.01. The van der Waals surface area contributed by atoms with Gasteiger partial charge in [0, 0.05) is 5.56 Å². The third kappa shape index (κ3) is 2.55. The second kappa shape index (κ2) is 5.91. The van der Waals surface area contributed by atoms with Crippen molar-refractivity contribution >= 4 is 27.0 Å². The van der Waals surface area contributed by atoms with Crippen molar-refractivity contribution in [2.45, 2.75) is 13.8 Å². The number of nitrogens with zero attached hydrogens (tertiary/aromatic N) is 1. The summed E-state index contributed by atoms with van der Waals surface area (Å²) in [6.07, 6.45) is 0. The number of rotatable bonds is 2. The standard InChI is InChI=1S/C21H16BrNO/c1-13-12-18-20(19(22)14(13)2)24-21(23-18)17-10-8-16(9-11-17)15-6-4-3-5-7-15/h3-12H,1-2H3. The Morgan fingerprint density at radius 3 is 2.17 bits per heavy atom. The lowest BCUT2D eigenvalue weighted by Gasteiger charge is -2.02. The molecule has 3 heteroatoms. The van der Waals surface area contributed by atoms with Crippen LogP contribution in [0.1, 0.15) is 11.1 Å². The van der Waals surface area contributed by atoms with Gasteiger partial charge in [-0.1, -0.05) is 42.5 Å². The molecule has 0 amide bonds. The van der Waals surface area contributed by atoms with E-state index in [0.29, 0.717) is 5.89 Å². The molecule has 24 heavy (non-hydrogen) atoms. The molecule has 0 saturated heterocycles. The molecule has 0 spiro atoms. The average Bonchev–Trinajstić information content (AvgIpc) is 3.05. The van der Waals surface area contributed by atoms with Crippen LogP contribution in [0.5, 0.6) is 0 Å². The molecule has 0 saturated carbocycles. The highest BCUT2D eigenvalue weighted by Crippen LogP contribution is 2.33. The first-order valence-electron chi connectivity index (χ1n) is 7.85. The number of aryl methyl sites for hydroxylation is 1. The van der Waals surface area contributed by atoms with Crippen molar-refractivity contribution in [2.24, 2.45) is 0 Å². The SMILES string of the molecule is Cc1cc2nc(-c3ccc(-c4ccccc4)cc3)oc2c(Br)c1C. The molecule has 0 aliphatic heterocycles. The van der Waals surface area contributed by atoms with Gasteiger partial charge in [0.15, 0.2) is 5.58 Å². The second-order valence-electron chi connectivity index (χ2n) is 5.94. The van der Waals surface area contributed by atoms with Crippen LogP contribution in [0.15, 0.2) is 69.6 Å². The Bertz CT molecular complexity index is 1020. The first kappa shape index (κ1) is 15.2. The van der Waals surface area contributed by atoms with E-state index in [1.54, 1.807) is 0 Å². The van der Waals surface area contributed by atoms with Gasteiger partial charge in [-0.15, -0.1) is 0 Å². The van der Waals surface area contributed by atoms with Crippen molar-refractivity contribution in [1.82, 2.24) is 4.98 Å². The Morgan fingerprint density at radius 1 is 0.833 bits per heavy atom. The van der Waals surface area contributed by atoms with Gasteiger partial charge in [0.25, 0.3) is 0 Å². The van der Waals surface area contributed by atoms with Crippen LogP contribution in [0.2, 0.25) is 0 Å². The molecule has 118 valence electrons. The van der Waals surface area contributed by atoms with Crippen LogP contribution in [-0.4, -0.2) is 4.98 Å². The first-order valence-corrected chi connectivity index (χ1v) is 8.65. The van der Waals surface area contributed by atoms with Gasteiger partial charge in [0.1, 0.15) is 5.52 Å². The van der Waals surface area contributed by atoms with Crippen LogP contribution in [-0.2, 0) is 0 Å². The summed E-state index contributed by atoms with van der Waals surface area (Å²) in [5, 5.41) is 0. The quantitative estimate of drug-likeness (QED) is 0.396. The van der Waals surface area contributed by atoms with Gasteiger partial charge in [0.05, 0.1) is 4.47 Å². The summed E-state index contributed by atoms with van der Waals surface area (Å²) in [5.74, 6) is 0.648. The number of oxazole rings is 1. The van der Waals surface area contributed by atoms with E-state index in [2.05, 4.69) is 77.2 Å². The van der Waals surface area contributed by atoms with Gasteiger partial charge in [-0.25, -0.2) is 4.98 Å². The minimum absolute atomic E-state index is 0.648. The number of halogens is 1. The van der Waals surface area contributed by atoms with Crippen molar-refractivity contribution in [1.29, 1.82) is 0 Å². The summed E-state index contributed by atoms with van der Waals surface area (Å²) in [7, 11) is 0. The predicted octanol–water partition coefficient (Wildman–Crippen LogP) is 6.54. The van der Waals surface area contributed by atoms with Gasteiger partial charge < -0.3 is 4.42 Å². The van der Waals surface area contributed by atoms with E-state index in [1.165, 1.54) is 22.3 Å². The maximum Gasteiger partial charge on any atom is 0.227 e. The summed E-state index contributed by atoms with van der Waals surface area (Å²) in [4.78, 5) is 4.65. The van der Waals surface area contributed by atoms with E-state index < -0.39 is 0 Å². The van der Waals surface area contributed by atoms with Crippen LogP contribution in [0.4, 0.5) is 0 Å². The van der Waals surface area contributed by atoms with Crippen molar-refractivity contribution < 1.29 is 4.42 Å². The van der Waals surface area contributed by atoms with Gasteiger partial charge >= 0.3 is 0 Å². The molecule has 0 N–H and O–H groups in total. The second-order valence-corrected chi connectivity index (χ2v) is 6.74. The van der Waals surface area contributed by atoms with Gasteiger partial charge in [-0.05, 0) is 70.2 Å². The first-order chi connectivity index (χ1) is 11.6. The zero-order chi connectivity index (χ0) is 16.7. The zero-order valence-electron chi connectivity index (χ0n) is 13.5. The van der Waals surface area contributed by atoms with E-state index in [4.69, 9.17) is 4.42 Å². The smallest absolute Gasteiger partial charge is 0.227 e. The summed E-state index contributed by atoms with van der Waals surface area (Å²) < 4.78 is 6.99. The fourth-order valence-electron chi connectivity index (χ4n) is 2.80. The average molecular weight is 378 g/mol. The molecule has 1 aromatic heterocycles. The molecular weight excluding hydrogens is 362 g/mol. The largest absolute Gasteiger partial charge is 0.435 e. The highest BCUT2D eigenvalue weighted by Gasteiger charge is 2.14. The van der Waals surface area contributed by atoms with Crippen molar-refractivity contribution in [3.05, 3.63) is 76.3 Å². The topological polar surface area (TPSA) is 26.0 Å². The molecule has 2 nitrogen and oxygen atoms in total. The molecule has 0 aliphatic rings. The Morgan fingerprint density at radius 2 is 1.46 bits per heavy atom. The summed E-state index contributed by atoms with van der Waals surface area (Å²) >= 11 is 3.63.